The van der Waals surface area contributed by atoms with Crippen LogP contribution in [-0.2, 0) is 4.74 Å². The van der Waals surface area contributed by atoms with E-state index in [0.29, 0.717) is 6.10 Å². The molecule has 16 heavy (non-hydrogen) atoms. The van der Waals surface area contributed by atoms with E-state index in [-0.39, 0.29) is 5.60 Å². The molecule has 0 aromatic rings. The van der Waals surface area contributed by atoms with Crippen LogP contribution in [0.4, 0.5) is 0 Å². The third-order valence-corrected chi connectivity index (χ3v) is 3.19. The zero-order valence-corrected chi connectivity index (χ0v) is 11.0. The van der Waals surface area contributed by atoms with Crippen molar-refractivity contribution in [3.63, 3.8) is 0 Å². The highest BCUT2D eigenvalue weighted by Gasteiger charge is 2.46. The van der Waals surface area contributed by atoms with Crippen molar-refractivity contribution in [2.24, 2.45) is 0 Å². The van der Waals surface area contributed by atoms with Crippen LogP contribution in [0.2, 0.25) is 0 Å². The summed E-state index contributed by atoms with van der Waals surface area (Å²) < 4.78 is 5.56. The molecule has 1 aliphatic rings. The molecule has 1 rings (SSSR count). The van der Waals surface area contributed by atoms with Gasteiger partial charge in [0.1, 0.15) is 0 Å². The molecule has 1 saturated heterocycles. The lowest BCUT2D eigenvalue weighted by Gasteiger charge is -1.99. The van der Waals surface area contributed by atoms with Crippen molar-refractivity contribution in [2.45, 2.75) is 58.7 Å². The second-order valence-corrected chi connectivity index (χ2v) is 5.19. The third-order valence-electron chi connectivity index (χ3n) is 3.19. The Morgan fingerprint density at radius 1 is 1.31 bits per heavy atom. The molecule has 0 amide bonds. The number of allylic oxidation sites excluding steroid dienone is 5. The van der Waals surface area contributed by atoms with Crippen molar-refractivity contribution < 1.29 is 4.74 Å². The van der Waals surface area contributed by atoms with Crippen LogP contribution in [0.15, 0.2) is 36.0 Å². The molecule has 1 aliphatic heterocycles. The van der Waals surface area contributed by atoms with Gasteiger partial charge in [-0.05, 0) is 47.0 Å². The molecular weight excluding hydrogens is 196 g/mol. The van der Waals surface area contributed by atoms with Crippen LogP contribution in [0.3, 0.4) is 0 Å². The monoisotopic (exact) mass is 220 g/mol. The number of hydrogen-bond donors (Lipinski definition) is 0. The Kier molecular flexibility index (Phi) is 4.55. The summed E-state index contributed by atoms with van der Waals surface area (Å²) in [4.78, 5) is 0. The first-order valence-electron chi connectivity index (χ1n) is 6.08. The van der Waals surface area contributed by atoms with E-state index < -0.39 is 0 Å². The predicted octanol–water partition coefficient (Wildman–Crippen LogP) is 4.41. The van der Waals surface area contributed by atoms with Gasteiger partial charge in [0.2, 0.25) is 0 Å². The van der Waals surface area contributed by atoms with Gasteiger partial charge in [0.05, 0.1) is 11.7 Å². The zero-order valence-electron chi connectivity index (χ0n) is 11.0. The summed E-state index contributed by atoms with van der Waals surface area (Å²) in [5, 5.41) is 0. The van der Waals surface area contributed by atoms with E-state index in [4.69, 9.17) is 4.74 Å². The molecule has 1 heteroatoms. The molecule has 0 aliphatic carbocycles. The van der Waals surface area contributed by atoms with Crippen LogP contribution in [0.5, 0.6) is 0 Å². The van der Waals surface area contributed by atoms with Gasteiger partial charge in [-0.25, -0.2) is 0 Å². The SMILES string of the molecule is C=C/C(C)=C/C/C=C(\C)CCC1OC1(C)C. The average molecular weight is 220 g/mol. The quantitative estimate of drug-likeness (QED) is 0.367. The largest absolute Gasteiger partial charge is 0.367 e. The Morgan fingerprint density at radius 2 is 1.94 bits per heavy atom. The van der Waals surface area contributed by atoms with Crippen molar-refractivity contribution >= 4 is 0 Å². The maximum atomic E-state index is 5.56. The molecule has 1 unspecified atom stereocenters. The molecule has 0 spiro atoms. The van der Waals surface area contributed by atoms with Crippen LogP contribution < -0.4 is 0 Å². The van der Waals surface area contributed by atoms with Crippen LogP contribution in [0.25, 0.3) is 0 Å². The van der Waals surface area contributed by atoms with E-state index in [1.54, 1.807) is 0 Å². The highest BCUT2D eigenvalue weighted by molar-refractivity contribution is 5.15. The molecule has 0 bridgehead atoms. The van der Waals surface area contributed by atoms with Gasteiger partial charge in [-0.2, -0.15) is 0 Å². The van der Waals surface area contributed by atoms with Gasteiger partial charge in [0, 0.05) is 0 Å². The van der Waals surface area contributed by atoms with E-state index in [0.717, 1.165) is 19.3 Å². The van der Waals surface area contributed by atoms with Gasteiger partial charge in [0.15, 0.2) is 0 Å². The van der Waals surface area contributed by atoms with E-state index in [9.17, 15) is 0 Å². The van der Waals surface area contributed by atoms with Gasteiger partial charge in [0.25, 0.3) is 0 Å². The summed E-state index contributed by atoms with van der Waals surface area (Å²) in [5.41, 5.74) is 2.84. The van der Waals surface area contributed by atoms with Crippen molar-refractivity contribution in [3.8, 4) is 0 Å². The van der Waals surface area contributed by atoms with Crippen LogP contribution in [-0.4, -0.2) is 11.7 Å². The van der Waals surface area contributed by atoms with Gasteiger partial charge in [-0.3, -0.25) is 0 Å². The molecule has 0 aromatic carbocycles. The summed E-state index contributed by atoms with van der Waals surface area (Å²) >= 11 is 0. The lowest BCUT2D eigenvalue weighted by molar-refractivity contribution is 0.320. The molecule has 0 radical (unpaired) electrons. The van der Waals surface area contributed by atoms with E-state index in [2.05, 4.69) is 46.4 Å². The zero-order chi connectivity index (χ0) is 12.2. The minimum Gasteiger partial charge on any atom is -0.367 e. The maximum Gasteiger partial charge on any atom is 0.0892 e. The van der Waals surface area contributed by atoms with Gasteiger partial charge < -0.3 is 4.74 Å². The fourth-order valence-corrected chi connectivity index (χ4v) is 1.73. The second-order valence-electron chi connectivity index (χ2n) is 5.19. The smallest absolute Gasteiger partial charge is 0.0892 e. The van der Waals surface area contributed by atoms with Gasteiger partial charge in [-0.15, -0.1) is 0 Å². The Labute approximate surface area is 99.9 Å². The minimum atomic E-state index is 0.139. The molecule has 1 heterocycles. The predicted molar refractivity (Wildman–Crippen MR) is 70.5 cm³/mol. The van der Waals surface area contributed by atoms with Crippen LogP contribution in [0, 0.1) is 0 Å². The highest BCUT2D eigenvalue weighted by Crippen LogP contribution is 2.38. The van der Waals surface area contributed by atoms with Crippen molar-refractivity contribution in [1.82, 2.24) is 0 Å². The highest BCUT2D eigenvalue weighted by atomic mass is 16.6. The minimum absolute atomic E-state index is 0.139. The molecule has 0 saturated carbocycles. The lowest BCUT2D eigenvalue weighted by Crippen LogP contribution is -2.02. The maximum absolute atomic E-state index is 5.56. The normalized spacial score (nSPS) is 24.4. The van der Waals surface area contributed by atoms with Crippen molar-refractivity contribution in [2.75, 3.05) is 0 Å². The first kappa shape index (κ1) is 13.2. The molecule has 1 nitrogen and oxygen atoms in total. The number of hydrogen-bond acceptors (Lipinski definition) is 1. The summed E-state index contributed by atoms with van der Waals surface area (Å²) in [6, 6.07) is 0. The Bertz CT molecular complexity index is 307. The first-order valence-corrected chi connectivity index (χ1v) is 6.08. The number of epoxide rings is 1. The molecule has 1 atom stereocenters. The second kappa shape index (κ2) is 5.49. The average Bonchev–Trinajstić information content (AvgIpc) is 2.83. The third kappa shape index (κ3) is 4.36. The van der Waals surface area contributed by atoms with Gasteiger partial charge >= 0.3 is 0 Å². The Balaban J connectivity index is 2.22. The van der Waals surface area contributed by atoms with E-state index in [1.807, 2.05) is 6.08 Å². The number of rotatable bonds is 6. The van der Waals surface area contributed by atoms with E-state index in [1.165, 1.54) is 11.1 Å². The lowest BCUT2D eigenvalue weighted by atomic mass is 10.0. The first-order chi connectivity index (χ1) is 7.45. The molecular formula is C15H24O. The van der Waals surface area contributed by atoms with E-state index >= 15 is 0 Å². The van der Waals surface area contributed by atoms with Gasteiger partial charge in [-0.1, -0.05) is 36.0 Å². The number of ether oxygens (including phenoxy) is 1. The Hall–Kier alpha value is -0.820. The molecule has 1 fully saturated rings. The summed E-state index contributed by atoms with van der Waals surface area (Å²) in [6.07, 6.45) is 10.2. The summed E-state index contributed by atoms with van der Waals surface area (Å²) in [6.45, 7) is 12.3. The fraction of sp³-hybridized carbons (Fsp3) is 0.600. The van der Waals surface area contributed by atoms with Crippen molar-refractivity contribution in [3.05, 3.63) is 36.0 Å². The molecule has 90 valence electrons. The van der Waals surface area contributed by atoms with Crippen molar-refractivity contribution in [1.29, 1.82) is 0 Å². The topological polar surface area (TPSA) is 12.5 Å². The standard InChI is InChI=1S/C15H24O/c1-6-12(2)8-7-9-13(3)10-11-14-15(4,5)16-14/h6,8-9,14H,1,7,10-11H2,2-5H3/b12-8+,13-9+. The Morgan fingerprint density at radius 3 is 2.44 bits per heavy atom. The summed E-state index contributed by atoms with van der Waals surface area (Å²) in [7, 11) is 0. The fourth-order valence-electron chi connectivity index (χ4n) is 1.73. The molecule has 0 aromatic heterocycles. The van der Waals surface area contributed by atoms with Crippen LogP contribution in [0.1, 0.15) is 47.0 Å². The van der Waals surface area contributed by atoms with Crippen LogP contribution >= 0.6 is 0 Å². The molecule has 0 N–H and O–H groups in total. The summed E-state index contributed by atoms with van der Waals surface area (Å²) in [5.74, 6) is 0.